The third-order valence-corrected chi connectivity index (χ3v) is 2.52. The summed E-state index contributed by atoms with van der Waals surface area (Å²) in [6, 6.07) is 7.61. The number of hydrogen-bond donors (Lipinski definition) is 0. The highest BCUT2D eigenvalue weighted by Gasteiger charge is 2.06. The molecule has 0 saturated heterocycles. The second kappa shape index (κ2) is 3.43. The number of para-hydroxylation sites is 1. The second-order valence-electron chi connectivity index (χ2n) is 2.29. The van der Waals surface area contributed by atoms with Gasteiger partial charge >= 0.3 is 4.88 Å². The summed E-state index contributed by atoms with van der Waals surface area (Å²) in [5.41, 5.74) is 0.844. The van der Waals surface area contributed by atoms with Gasteiger partial charge in [-0.1, -0.05) is 23.5 Å². The minimum absolute atomic E-state index is 0.364. The minimum Gasteiger partial charge on any atom is -0.389 e. The first-order valence-corrected chi connectivity index (χ1v) is 5.09. The van der Waals surface area contributed by atoms with Crippen LogP contribution in [0.15, 0.2) is 24.3 Å². The van der Waals surface area contributed by atoms with Gasteiger partial charge in [-0.3, -0.25) is 0 Å². The van der Waals surface area contributed by atoms with Crippen molar-refractivity contribution in [1.29, 1.82) is 0 Å². The number of aromatic nitrogens is 1. The van der Waals surface area contributed by atoms with E-state index in [1.54, 1.807) is 0 Å². The largest absolute Gasteiger partial charge is 0.389 e. The van der Waals surface area contributed by atoms with Gasteiger partial charge in [-0.05, 0) is 12.1 Å². The van der Waals surface area contributed by atoms with Gasteiger partial charge in [0.05, 0.1) is 10.2 Å². The summed E-state index contributed by atoms with van der Waals surface area (Å²) >= 11 is 4.02. The summed E-state index contributed by atoms with van der Waals surface area (Å²) in [6.45, 7) is 0. The molecule has 1 aromatic carbocycles. The zero-order chi connectivity index (χ0) is 9.26. The topological polar surface area (TPSA) is 39.2 Å². The number of fused-ring (bicyclic) bond motifs is 1. The fraction of sp³-hybridized carbons (Fsp3) is 0. The third kappa shape index (κ3) is 1.87. The number of hydrogen-bond acceptors (Lipinski definition) is 4. The van der Waals surface area contributed by atoms with Gasteiger partial charge in [-0.2, -0.15) is 0 Å². The molecule has 0 fully saturated rings. The molecule has 0 unspecified atom stereocenters. The van der Waals surface area contributed by atoms with Crippen LogP contribution >= 0.6 is 27.3 Å². The maximum atomic E-state index is 10.6. The monoisotopic (exact) mass is 257 g/mol. The van der Waals surface area contributed by atoms with Crippen LogP contribution in [0.5, 0.6) is 5.19 Å². The Bertz CT molecular complexity index is 421. The van der Waals surface area contributed by atoms with Crippen LogP contribution in [0, 0.1) is 0 Å². The van der Waals surface area contributed by atoms with E-state index in [-0.39, 0.29) is 0 Å². The zero-order valence-corrected chi connectivity index (χ0v) is 8.76. The van der Waals surface area contributed by atoms with Gasteiger partial charge in [-0.15, -0.1) is 0 Å². The molecule has 0 aliphatic carbocycles. The summed E-state index contributed by atoms with van der Waals surface area (Å²) in [6.07, 6.45) is 0. The lowest BCUT2D eigenvalue weighted by atomic mass is 10.3. The Morgan fingerprint density at radius 2 is 2.23 bits per heavy atom. The lowest BCUT2D eigenvalue weighted by Gasteiger charge is -1.88. The molecule has 0 spiro atoms. The third-order valence-electron chi connectivity index (χ3n) is 1.44. The molecule has 0 saturated carbocycles. The number of thiazole rings is 1. The van der Waals surface area contributed by atoms with Crippen molar-refractivity contribution in [3.63, 3.8) is 0 Å². The molecule has 0 bridgehead atoms. The number of ether oxygens (including phenoxy) is 1. The van der Waals surface area contributed by atoms with Crippen LogP contribution in [-0.4, -0.2) is 9.86 Å². The lowest BCUT2D eigenvalue weighted by Crippen LogP contribution is -1.93. The molecule has 0 atom stereocenters. The molecule has 13 heavy (non-hydrogen) atoms. The first-order valence-electron chi connectivity index (χ1n) is 3.48. The number of halogens is 1. The van der Waals surface area contributed by atoms with E-state index in [0.29, 0.717) is 5.19 Å². The number of benzene rings is 1. The average molecular weight is 258 g/mol. The van der Waals surface area contributed by atoms with Crippen molar-refractivity contribution < 1.29 is 9.53 Å². The summed E-state index contributed by atoms with van der Waals surface area (Å²) < 4.78 is 5.79. The van der Waals surface area contributed by atoms with E-state index in [0.717, 1.165) is 10.2 Å². The van der Waals surface area contributed by atoms with Crippen LogP contribution in [0.1, 0.15) is 0 Å². The zero-order valence-electron chi connectivity index (χ0n) is 6.36. The molecule has 66 valence electrons. The maximum absolute atomic E-state index is 10.6. The Kier molecular flexibility index (Phi) is 2.28. The van der Waals surface area contributed by atoms with Crippen LogP contribution in [0.4, 0.5) is 4.79 Å². The molecule has 0 aliphatic heterocycles. The van der Waals surface area contributed by atoms with Gasteiger partial charge in [-0.25, -0.2) is 9.78 Å². The summed E-state index contributed by atoms with van der Waals surface area (Å²) in [5.74, 6) is 0. The molecule has 0 N–H and O–H groups in total. The smallest absolute Gasteiger partial charge is 0.381 e. The quantitative estimate of drug-likeness (QED) is 0.737. The SMILES string of the molecule is O=C(Br)Oc1nc2ccccc2s1. The van der Waals surface area contributed by atoms with E-state index in [2.05, 4.69) is 20.9 Å². The summed E-state index contributed by atoms with van der Waals surface area (Å²) in [5, 5.41) is 0.364. The summed E-state index contributed by atoms with van der Waals surface area (Å²) in [4.78, 5) is 14.1. The van der Waals surface area contributed by atoms with Crippen LogP contribution < -0.4 is 4.74 Å². The van der Waals surface area contributed by atoms with E-state index in [4.69, 9.17) is 4.74 Å². The second-order valence-corrected chi connectivity index (χ2v) is 3.93. The molecule has 0 radical (unpaired) electrons. The molecular weight excluding hydrogens is 254 g/mol. The Hall–Kier alpha value is -0.940. The van der Waals surface area contributed by atoms with Crippen LogP contribution in [0.3, 0.4) is 0 Å². The van der Waals surface area contributed by atoms with Crippen molar-refractivity contribution in [2.24, 2.45) is 0 Å². The standard InChI is InChI=1S/C8H4BrNO2S/c9-7(11)12-8-10-5-3-1-2-4-6(5)13-8/h1-4H. The Labute approximate surface area is 86.5 Å². The highest BCUT2D eigenvalue weighted by atomic mass is 79.9. The predicted molar refractivity (Wildman–Crippen MR) is 54.6 cm³/mol. The molecule has 3 nitrogen and oxygen atoms in total. The van der Waals surface area contributed by atoms with E-state index >= 15 is 0 Å². The number of rotatable bonds is 1. The number of nitrogens with zero attached hydrogens (tertiary/aromatic N) is 1. The van der Waals surface area contributed by atoms with E-state index < -0.39 is 4.88 Å². The number of carbonyl (C=O) groups is 1. The Balaban J connectivity index is 2.44. The van der Waals surface area contributed by atoms with Gasteiger partial charge in [0.1, 0.15) is 0 Å². The highest BCUT2D eigenvalue weighted by Crippen LogP contribution is 2.27. The fourth-order valence-electron chi connectivity index (χ4n) is 0.963. The van der Waals surface area contributed by atoms with Crippen LogP contribution in [0.25, 0.3) is 10.2 Å². The van der Waals surface area contributed by atoms with E-state index in [1.165, 1.54) is 11.3 Å². The fourth-order valence-corrected chi connectivity index (χ4v) is 2.04. The van der Waals surface area contributed by atoms with Crippen molar-refractivity contribution in [3.8, 4) is 5.19 Å². The van der Waals surface area contributed by atoms with Gasteiger partial charge in [0, 0.05) is 15.9 Å². The Morgan fingerprint density at radius 3 is 2.92 bits per heavy atom. The van der Waals surface area contributed by atoms with Crippen molar-refractivity contribution in [1.82, 2.24) is 4.98 Å². The van der Waals surface area contributed by atoms with E-state index in [9.17, 15) is 4.79 Å². The highest BCUT2D eigenvalue weighted by molar-refractivity contribution is 9.18. The van der Waals surface area contributed by atoms with E-state index in [1.807, 2.05) is 24.3 Å². The van der Waals surface area contributed by atoms with Gasteiger partial charge in [0.15, 0.2) is 0 Å². The van der Waals surface area contributed by atoms with Crippen molar-refractivity contribution in [2.45, 2.75) is 0 Å². The normalized spacial score (nSPS) is 10.2. The molecule has 1 heterocycles. The molecule has 5 heteroatoms. The van der Waals surface area contributed by atoms with Gasteiger partial charge in [0.2, 0.25) is 0 Å². The first-order chi connectivity index (χ1) is 6.25. The molecule has 0 amide bonds. The minimum atomic E-state index is -0.522. The van der Waals surface area contributed by atoms with Crippen LogP contribution in [-0.2, 0) is 0 Å². The van der Waals surface area contributed by atoms with Crippen LogP contribution in [0.2, 0.25) is 0 Å². The predicted octanol–water partition coefficient (Wildman–Crippen LogP) is 3.19. The van der Waals surface area contributed by atoms with Gasteiger partial charge in [0.25, 0.3) is 5.19 Å². The Morgan fingerprint density at radius 1 is 1.46 bits per heavy atom. The molecule has 1 aromatic heterocycles. The average Bonchev–Trinajstić information content (AvgIpc) is 2.44. The molecular formula is C8H4BrNO2S. The van der Waals surface area contributed by atoms with Gasteiger partial charge < -0.3 is 4.74 Å². The number of carbonyl (C=O) groups excluding carboxylic acids is 1. The van der Waals surface area contributed by atoms with Crippen molar-refractivity contribution in [3.05, 3.63) is 24.3 Å². The lowest BCUT2D eigenvalue weighted by molar-refractivity contribution is 0.228. The van der Waals surface area contributed by atoms with Crippen molar-refractivity contribution >= 4 is 42.4 Å². The first kappa shape index (κ1) is 8.65. The molecule has 0 aliphatic rings. The summed E-state index contributed by atoms with van der Waals surface area (Å²) in [7, 11) is 0. The van der Waals surface area contributed by atoms with Crippen molar-refractivity contribution in [2.75, 3.05) is 0 Å². The molecule has 2 aromatic rings. The molecule has 2 rings (SSSR count). The maximum Gasteiger partial charge on any atom is 0.381 e.